The van der Waals surface area contributed by atoms with Crippen LogP contribution in [-0.2, 0) is 15.8 Å². The third-order valence-electron chi connectivity index (χ3n) is 2.13. The highest BCUT2D eigenvalue weighted by molar-refractivity contribution is 6.43. The molecule has 4 nitrogen and oxygen atoms in total. The summed E-state index contributed by atoms with van der Waals surface area (Å²) in [6.07, 6.45) is -5.00. The van der Waals surface area contributed by atoms with Gasteiger partial charge in [0.25, 0.3) is 0 Å². The number of carbonyl (C=O) groups is 2. The lowest BCUT2D eigenvalue weighted by Crippen LogP contribution is -2.34. The molecule has 0 aromatic heterocycles. The van der Waals surface area contributed by atoms with E-state index in [1.54, 1.807) is 0 Å². The Balaban J connectivity index is 2.74. The number of halogens is 5. The van der Waals surface area contributed by atoms with E-state index < -0.39 is 45.8 Å². The molecule has 2 rings (SSSR count). The lowest BCUT2D eigenvalue weighted by atomic mass is 10.1. The molecule has 0 saturated heterocycles. The van der Waals surface area contributed by atoms with Gasteiger partial charge in [-0.3, -0.25) is 9.59 Å². The molecule has 2 amide bonds. The Kier molecular flexibility index (Phi) is 2.69. The zero-order valence-electron chi connectivity index (χ0n) is 8.23. The molecule has 0 saturated carbocycles. The first-order valence-corrected chi connectivity index (χ1v) is 4.76. The van der Waals surface area contributed by atoms with Crippen LogP contribution in [0.1, 0.15) is 5.56 Å². The Bertz CT molecular complexity index is 571. The fraction of sp³-hybridized carbons (Fsp3) is 0.111. The second-order valence-electron chi connectivity index (χ2n) is 3.31. The number of anilines is 1. The summed E-state index contributed by atoms with van der Waals surface area (Å²) in [5.41, 5.74) is -3.03. The van der Waals surface area contributed by atoms with Gasteiger partial charge in [0.2, 0.25) is 0 Å². The number of hydrogen-bond donors (Lipinski definition) is 1. The van der Waals surface area contributed by atoms with Gasteiger partial charge < -0.3 is 5.32 Å². The summed E-state index contributed by atoms with van der Waals surface area (Å²) >= 11 is 5.22. The van der Waals surface area contributed by atoms with E-state index in [1.165, 1.54) is 0 Å². The van der Waals surface area contributed by atoms with Crippen molar-refractivity contribution in [3.8, 4) is 0 Å². The highest BCUT2D eigenvalue weighted by atomic mass is 35.5. The topological polar surface area (TPSA) is 60.3 Å². The van der Waals surface area contributed by atoms with Crippen LogP contribution in [0.15, 0.2) is 6.07 Å². The number of fused-ring (bicyclic) bond motifs is 1. The molecule has 1 aliphatic rings. The molecule has 9 heteroatoms. The van der Waals surface area contributed by atoms with E-state index >= 15 is 0 Å². The van der Waals surface area contributed by atoms with Crippen LogP contribution in [0.4, 0.5) is 28.9 Å². The first-order chi connectivity index (χ1) is 8.21. The van der Waals surface area contributed by atoms with Crippen molar-refractivity contribution in [3.05, 3.63) is 22.5 Å². The van der Waals surface area contributed by atoms with E-state index in [9.17, 15) is 27.2 Å². The molecule has 1 N–H and O–H groups in total. The van der Waals surface area contributed by atoms with Crippen LogP contribution in [0.2, 0.25) is 5.02 Å². The lowest BCUT2D eigenvalue weighted by Gasteiger charge is -2.21. The largest absolute Gasteiger partial charge is 0.420 e. The van der Waals surface area contributed by atoms with Crippen LogP contribution >= 0.6 is 11.6 Å². The van der Waals surface area contributed by atoms with Gasteiger partial charge in [-0.05, 0) is 0 Å². The van der Waals surface area contributed by atoms with E-state index in [-0.39, 0.29) is 0 Å². The van der Waals surface area contributed by atoms with E-state index in [4.69, 9.17) is 11.6 Å². The summed E-state index contributed by atoms with van der Waals surface area (Å²) in [6, 6.07) is 0.570. The van der Waals surface area contributed by atoms with Gasteiger partial charge in [-0.1, -0.05) is 11.6 Å². The number of nitrogens with one attached hydrogen (secondary N) is 1. The summed E-state index contributed by atoms with van der Waals surface area (Å²) in [4.78, 5) is 21.9. The fourth-order valence-corrected chi connectivity index (χ4v) is 1.67. The highest BCUT2D eigenvalue weighted by Gasteiger charge is 2.42. The zero-order valence-corrected chi connectivity index (χ0v) is 8.99. The van der Waals surface area contributed by atoms with E-state index in [1.807, 2.05) is 5.32 Å². The smallest absolute Gasteiger partial charge is 0.316 e. The van der Waals surface area contributed by atoms with Gasteiger partial charge in [0.1, 0.15) is 17.1 Å². The Morgan fingerprint density at radius 1 is 1.28 bits per heavy atom. The summed E-state index contributed by atoms with van der Waals surface area (Å²) in [6.45, 7) is 0. The monoisotopic (exact) mass is 281 g/mol. The summed E-state index contributed by atoms with van der Waals surface area (Å²) in [7, 11) is 0. The van der Waals surface area contributed by atoms with Gasteiger partial charge in [-0.2, -0.15) is 13.2 Å². The zero-order chi connectivity index (χ0) is 13.7. The van der Waals surface area contributed by atoms with Gasteiger partial charge in [0, 0.05) is 6.07 Å². The average Bonchev–Trinajstić information content (AvgIpc) is 2.21. The van der Waals surface area contributed by atoms with Gasteiger partial charge in [-0.15, -0.1) is 0 Å². The minimum absolute atomic E-state index is 0.547. The molecule has 0 atom stereocenters. The molecule has 1 aromatic carbocycles. The maximum atomic E-state index is 13.2. The summed E-state index contributed by atoms with van der Waals surface area (Å²) in [5.74, 6) is -4.01. The number of nitrogens with zero attached hydrogens (tertiary/aromatic N) is 1. The number of rotatable bonds is 0. The molecule has 1 aromatic rings. The van der Waals surface area contributed by atoms with Crippen molar-refractivity contribution in [1.29, 1.82) is 0 Å². The number of alkyl halides is 3. The van der Waals surface area contributed by atoms with Gasteiger partial charge in [0.05, 0.1) is 10.7 Å². The van der Waals surface area contributed by atoms with Crippen molar-refractivity contribution in [2.75, 3.05) is 5.32 Å². The minimum Gasteiger partial charge on any atom is -0.316 e. The number of benzene rings is 1. The van der Waals surface area contributed by atoms with Crippen LogP contribution in [0.5, 0.6) is 0 Å². The highest BCUT2D eigenvalue weighted by Crippen LogP contribution is 2.45. The summed E-state index contributed by atoms with van der Waals surface area (Å²) < 4.78 is 51.3. The molecule has 18 heavy (non-hydrogen) atoms. The van der Waals surface area contributed by atoms with Crippen LogP contribution in [0.3, 0.4) is 0 Å². The first kappa shape index (κ1) is 12.6. The van der Waals surface area contributed by atoms with Crippen molar-refractivity contribution in [2.24, 2.45) is 0 Å². The molecule has 1 radical (unpaired) electrons. The molecule has 95 valence electrons. The second-order valence-corrected chi connectivity index (χ2v) is 3.69. The first-order valence-electron chi connectivity index (χ1n) is 4.38. The Morgan fingerprint density at radius 3 is 2.44 bits per heavy atom. The molecule has 0 aliphatic carbocycles. The SMILES string of the molecule is O=C1[N]c2c(cc(F)c(Cl)c2C(F)(F)F)NC1=O. The number of amides is 2. The number of hydrogen-bond acceptors (Lipinski definition) is 2. The molecule has 0 spiro atoms. The Morgan fingerprint density at radius 2 is 1.89 bits per heavy atom. The van der Waals surface area contributed by atoms with Crippen LogP contribution < -0.4 is 10.6 Å². The summed E-state index contributed by atoms with van der Waals surface area (Å²) in [5, 5.41) is 3.58. The standard InChI is InChI=1S/C9H2ClF4N2O2/c10-5-2(11)1-3-6(4(5)9(12,13)14)16-8(18)7(17)15-3/h1H,(H,15,17). The van der Waals surface area contributed by atoms with Crippen LogP contribution in [0.25, 0.3) is 0 Å². The van der Waals surface area contributed by atoms with E-state index in [2.05, 4.69) is 5.32 Å². The van der Waals surface area contributed by atoms with Crippen molar-refractivity contribution >= 4 is 34.8 Å². The lowest BCUT2D eigenvalue weighted by molar-refractivity contribution is -0.139. The van der Waals surface area contributed by atoms with Crippen molar-refractivity contribution < 1.29 is 27.2 Å². The predicted octanol–water partition coefficient (Wildman–Crippen LogP) is 2.21. The molecule has 1 aliphatic heterocycles. The van der Waals surface area contributed by atoms with Crippen molar-refractivity contribution in [1.82, 2.24) is 5.32 Å². The Labute approximate surface area is 102 Å². The number of carbonyl (C=O) groups excluding carboxylic acids is 2. The van der Waals surface area contributed by atoms with E-state index in [0.29, 0.717) is 6.07 Å². The van der Waals surface area contributed by atoms with Gasteiger partial charge in [-0.25, -0.2) is 9.71 Å². The fourth-order valence-electron chi connectivity index (χ4n) is 1.41. The van der Waals surface area contributed by atoms with Gasteiger partial charge >= 0.3 is 18.0 Å². The maximum Gasteiger partial charge on any atom is 0.420 e. The Hall–Kier alpha value is -1.83. The predicted molar refractivity (Wildman–Crippen MR) is 51.8 cm³/mol. The molecule has 0 unspecified atom stereocenters. The normalized spacial score (nSPS) is 14.9. The molecule has 1 heterocycles. The minimum atomic E-state index is -5.00. The van der Waals surface area contributed by atoms with Crippen LogP contribution in [-0.4, -0.2) is 11.8 Å². The third-order valence-corrected chi connectivity index (χ3v) is 2.50. The second kappa shape index (κ2) is 3.84. The van der Waals surface area contributed by atoms with Gasteiger partial charge in [0.15, 0.2) is 0 Å². The van der Waals surface area contributed by atoms with E-state index in [0.717, 1.165) is 0 Å². The third kappa shape index (κ3) is 1.88. The molecular formula is C9H2ClF4N2O2. The molecule has 0 fully saturated rings. The average molecular weight is 282 g/mol. The van der Waals surface area contributed by atoms with Crippen molar-refractivity contribution in [2.45, 2.75) is 6.18 Å². The quantitative estimate of drug-likeness (QED) is 0.585. The maximum absolute atomic E-state index is 13.2. The van der Waals surface area contributed by atoms with Crippen LogP contribution in [0, 0.1) is 5.82 Å². The van der Waals surface area contributed by atoms with Crippen molar-refractivity contribution in [3.63, 3.8) is 0 Å². The molecule has 0 bridgehead atoms. The molecular weight excluding hydrogens is 280 g/mol.